The van der Waals surface area contributed by atoms with Crippen molar-refractivity contribution in [2.75, 3.05) is 0 Å². The first kappa shape index (κ1) is 40.7. The van der Waals surface area contributed by atoms with Crippen molar-refractivity contribution in [1.29, 1.82) is 0 Å². The molecule has 0 bridgehead atoms. The van der Waals surface area contributed by atoms with Gasteiger partial charge in [0, 0.05) is 10.7 Å². The summed E-state index contributed by atoms with van der Waals surface area (Å²) in [6.07, 6.45) is -20.4. The van der Waals surface area contributed by atoms with Crippen LogP contribution in [0.15, 0.2) is 81.8 Å². The van der Waals surface area contributed by atoms with E-state index in [-0.39, 0.29) is 16.5 Å². The average molecular weight is 734 g/mol. The molecular weight excluding hydrogens is 723 g/mol. The molecule has 20 heteroatoms. The summed E-state index contributed by atoms with van der Waals surface area (Å²) in [4.78, 5) is 28.1. The zero-order valence-corrected chi connectivity index (χ0v) is 22.2. The van der Waals surface area contributed by atoms with Crippen LogP contribution in [0, 0.1) is 0 Å². The van der Waals surface area contributed by atoms with E-state index < -0.39 is 59.9 Å². The first-order chi connectivity index (χ1) is 18.4. The van der Waals surface area contributed by atoms with Crippen molar-refractivity contribution < 1.29 is 89.0 Å². The van der Waals surface area contributed by atoms with E-state index in [9.17, 15) is 72.5 Å². The Kier molecular flexibility index (Phi) is 16.4. The van der Waals surface area contributed by atoms with Crippen molar-refractivity contribution in [3.8, 4) is 0 Å². The summed E-state index contributed by atoms with van der Waals surface area (Å²) in [6.45, 7) is 0. The summed E-state index contributed by atoms with van der Waals surface area (Å²) in [6, 6.07) is 13.6. The van der Waals surface area contributed by atoms with Gasteiger partial charge in [0.05, 0.1) is 17.6 Å². The molecule has 1 heterocycles. The molecule has 2 aromatic rings. The Morgan fingerprint density at radius 3 is 1.40 bits per heavy atom. The van der Waals surface area contributed by atoms with Crippen LogP contribution in [-0.2, 0) is 26.1 Å². The number of hydrogen-bond donors (Lipinski definition) is 0. The second-order valence-corrected chi connectivity index (χ2v) is 7.64. The average Bonchev–Trinajstić information content (AvgIpc) is 2.82. The number of benzene rings is 1. The third-order valence-electron chi connectivity index (χ3n) is 3.50. The number of rotatable bonds is 4. The standard InChI is InChI=1S/C12H9BrN2.2C5H2F6O2.Ni/c13-10-4-6-11(7-5-10)15-9-12-3-1-2-8-14-12;2*6-4(7,8)2(12)1-3(13)5(9,10)11;/h1-9H;2*1,12H;/q;;;+2/p-2/b;2*2-1-;. The largest absolute Gasteiger partial charge is 2.00 e. The second kappa shape index (κ2) is 16.9. The van der Waals surface area contributed by atoms with Crippen LogP contribution in [0.2, 0.25) is 0 Å². The Morgan fingerprint density at radius 2 is 1.10 bits per heavy atom. The SMILES string of the molecule is Brc1ccc(N=Cc2ccccn2)cc1.O=C(/C=C(\[O-])C(F)(F)F)C(F)(F)F.O=C(/C=C(\[O-])C(F)(F)F)C(F)(F)F.[Ni+2]. The van der Waals surface area contributed by atoms with Crippen LogP contribution in [0.4, 0.5) is 58.4 Å². The van der Waals surface area contributed by atoms with Crippen LogP contribution in [0.5, 0.6) is 0 Å². The number of aromatic nitrogens is 1. The molecule has 0 spiro atoms. The predicted molar refractivity (Wildman–Crippen MR) is 116 cm³/mol. The van der Waals surface area contributed by atoms with Crippen LogP contribution < -0.4 is 10.2 Å². The quantitative estimate of drug-likeness (QED) is 0.137. The number of carbonyl (C=O) groups is 2. The summed E-state index contributed by atoms with van der Waals surface area (Å²) < 4.78 is 137. The van der Waals surface area contributed by atoms with Gasteiger partial charge in [-0.15, -0.1) is 0 Å². The minimum absolute atomic E-state index is 0. The number of aliphatic imine (C=N–C) groups is 1. The van der Waals surface area contributed by atoms with Crippen molar-refractivity contribution >= 4 is 39.4 Å². The zero-order chi connectivity index (χ0) is 32.2. The van der Waals surface area contributed by atoms with Crippen molar-refractivity contribution in [3.63, 3.8) is 0 Å². The maximum Gasteiger partial charge on any atom is 2.00 e. The van der Waals surface area contributed by atoms with Crippen molar-refractivity contribution in [2.45, 2.75) is 24.7 Å². The van der Waals surface area contributed by atoms with E-state index in [1.165, 1.54) is 0 Å². The Labute approximate surface area is 245 Å². The van der Waals surface area contributed by atoms with E-state index in [0.29, 0.717) is 0 Å². The van der Waals surface area contributed by atoms with Gasteiger partial charge in [-0.25, -0.2) is 0 Å². The topological polar surface area (TPSA) is 106 Å². The first-order valence-corrected chi connectivity index (χ1v) is 10.6. The fraction of sp³-hybridized carbons (Fsp3) is 0.182. The van der Waals surface area contributed by atoms with Crippen molar-refractivity contribution in [1.82, 2.24) is 4.98 Å². The van der Waals surface area contributed by atoms with E-state index in [2.05, 4.69) is 25.9 Å². The normalized spacial score (nSPS) is 12.8. The number of nitrogens with zero attached hydrogens (tertiary/aromatic N) is 2. The molecule has 6 nitrogen and oxygen atoms in total. The van der Waals surface area contributed by atoms with Gasteiger partial charge in [-0.05, 0) is 60.1 Å². The van der Waals surface area contributed by atoms with Crippen LogP contribution >= 0.6 is 15.9 Å². The Bertz CT molecular complexity index is 1190. The Balaban J connectivity index is 0. The van der Waals surface area contributed by atoms with Crippen molar-refractivity contribution in [3.05, 3.63) is 82.5 Å². The van der Waals surface area contributed by atoms with Gasteiger partial charge in [0.2, 0.25) is 0 Å². The molecule has 0 aliphatic carbocycles. The summed E-state index contributed by atoms with van der Waals surface area (Å²) in [7, 11) is 0. The maximum absolute atomic E-state index is 11.3. The number of alkyl halides is 12. The monoisotopic (exact) mass is 732 g/mol. The van der Waals surface area contributed by atoms with Crippen molar-refractivity contribution in [2.24, 2.45) is 4.99 Å². The van der Waals surface area contributed by atoms with Gasteiger partial charge in [-0.3, -0.25) is 19.6 Å². The molecule has 0 radical (unpaired) electrons. The van der Waals surface area contributed by atoms with E-state index in [4.69, 9.17) is 0 Å². The fourth-order valence-corrected chi connectivity index (χ4v) is 1.95. The van der Waals surface area contributed by atoms with Gasteiger partial charge in [-0.2, -0.15) is 52.7 Å². The molecule has 0 amide bonds. The van der Waals surface area contributed by atoms with Gasteiger partial charge in [0.25, 0.3) is 11.6 Å². The molecule has 42 heavy (non-hydrogen) atoms. The van der Waals surface area contributed by atoms with Crippen LogP contribution in [0.3, 0.4) is 0 Å². The molecule has 0 aliphatic rings. The fourth-order valence-electron chi connectivity index (χ4n) is 1.69. The molecule has 0 saturated carbocycles. The third kappa shape index (κ3) is 17.4. The molecule has 0 N–H and O–H groups in total. The van der Waals surface area contributed by atoms with Gasteiger partial charge in [-0.1, -0.05) is 22.0 Å². The number of ketones is 2. The molecule has 0 aliphatic heterocycles. The molecular formula is C22H11BrF12N2NiO4. The van der Waals surface area contributed by atoms with Gasteiger partial charge in [0.1, 0.15) is 0 Å². The summed E-state index contributed by atoms with van der Waals surface area (Å²) in [5, 5.41) is 19.6. The zero-order valence-electron chi connectivity index (χ0n) is 19.6. The summed E-state index contributed by atoms with van der Waals surface area (Å²) in [5.74, 6) is -11.3. The predicted octanol–water partition coefficient (Wildman–Crippen LogP) is 5.44. The smallest absolute Gasteiger partial charge is 0.869 e. The summed E-state index contributed by atoms with van der Waals surface area (Å²) in [5.41, 5.74) is 1.78. The minimum atomic E-state index is -5.46. The van der Waals surface area contributed by atoms with E-state index in [0.717, 1.165) is 15.9 Å². The molecule has 234 valence electrons. The number of pyridine rings is 1. The van der Waals surface area contributed by atoms with Crippen LogP contribution in [0.1, 0.15) is 5.69 Å². The third-order valence-corrected chi connectivity index (χ3v) is 4.03. The minimum Gasteiger partial charge on any atom is -0.869 e. The molecule has 1 aromatic heterocycles. The molecule has 1 aromatic carbocycles. The van der Waals surface area contributed by atoms with Gasteiger partial charge < -0.3 is 10.2 Å². The van der Waals surface area contributed by atoms with E-state index >= 15 is 0 Å². The number of allylic oxidation sites excluding steroid dienone is 4. The molecule has 0 atom stereocenters. The summed E-state index contributed by atoms with van der Waals surface area (Å²) >= 11 is 3.38. The molecule has 0 unspecified atom stereocenters. The second-order valence-electron chi connectivity index (χ2n) is 6.73. The number of halogens is 13. The maximum atomic E-state index is 11.3. The molecule has 0 fully saturated rings. The number of carbonyl (C=O) groups excluding carboxylic acids is 2. The molecule has 2 rings (SSSR count). The van der Waals surface area contributed by atoms with E-state index in [1.807, 2.05) is 42.5 Å². The first-order valence-electron chi connectivity index (χ1n) is 9.79. The Morgan fingerprint density at radius 1 is 0.690 bits per heavy atom. The van der Waals surface area contributed by atoms with E-state index in [1.54, 1.807) is 12.4 Å². The van der Waals surface area contributed by atoms with Gasteiger partial charge in [0.15, 0.2) is 0 Å². The van der Waals surface area contributed by atoms with Crippen LogP contribution in [0.25, 0.3) is 0 Å². The number of hydrogen-bond acceptors (Lipinski definition) is 6. The molecule has 0 saturated heterocycles. The van der Waals surface area contributed by atoms with Gasteiger partial charge >= 0.3 is 41.2 Å². The Hall–Kier alpha value is -3.41. The van der Waals surface area contributed by atoms with Crippen LogP contribution in [-0.4, -0.2) is 47.5 Å².